The Morgan fingerprint density at radius 1 is 1.62 bits per heavy atom. The largest absolute Gasteiger partial charge is 0.495 e. The van der Waals surface area contributed by atoms with Crippen molar-refractivity contribution in [3.8, 4) is 5.75 Å². The van der Waals surface area contributed by atoms with Crippen molar-refractivity contribution < 1.29 is 19.4 Å². The van der Waals surface area contributed by atoms with E-state index in [2.05, 4.69) is 5.32 Å². The molecule has 1 fully saturated rings. The number of nitrogens with one attached hydrogen (secondary N) is 1. The summed E-state index contributed by atoms with van der Waals surface area (Å²) in [7, 11) is 1.52. The van der Waals surface area contributed by atoms with Gasteiger partial charge in [-0.3, -0.25) is 0 Å². The maximum atomic E-state index is 12.4. The van der Waals surface area contributed by atoms with Gasteiger partial charge in [-0.1, -0.05) is 11.6 Å². The number of aliphatic hydroxyl groups is 1. The zero-order chi connectivity index (χ0) is 15.4. The third-order valence-electron chi connectivity index (χ3n) is 3.42. The van der Waals surface area contributed by atoms with Gasteiger partial charge in [0.1, 0.15) is 5.75 Å². The second kappa shape index (κ2) is 6.98. The molecule has 0 aliphatic carbocycles. The predicted octanol–water partition coefficient (Wildman–Crippen LogP) is 1.88. The lowest BCUT2D eigenvalue weighted by Gasteiger charge is -2.34. The maximum absolute atomic E-state index is 12.4. The number of aryl methyl sites for hydroxylation is 1. The summed E-state index contributed by atoms with van der Waals surface area (Å²) in [6.45, 7) is 2.94. The fourth-order valence-electron chi connectivity index (χ4n) is 2.19. The fourth-order valence-corrected chi connectivity index (χ4v) is 2.34. The van der Waals surface area contributed by atoms with Crippen LogP contribution in [0.5, 0.6) is 5.75 Å². The van der Waals surface area contributed by atoms with Crippen molar-refractivity contribution in [1.82, 2.24) is 4.90 Å². The molecule has 1 aromatic rings. The summed E-state index contributed by atoms with van der Waals surface area (Å²) in [5.41, 5.74) is 1.39. The fraction of sp³-hybridized carbons (Fsp3) is 0.500. The average Bonchev–Trinajstić information content (AvgIpc) is 2.50. The van der Waals surface area contributed by atoms with Crippen LogP contribution in [0.25, 0.3) is 0 Å². The summed E-state index contributed by atoms with van der Waals surface area (Å²) in [5, 5.41) is 12.7. The molecule has 7 heteroatoms. The summed E-state index contributed by atoms with van der Waals surface area (Å²) in [6.07, 6.45) is 0. The molecule has 2 N–H and O–H groups in total. The normalized spacial score (nSPS) is 18.5. The zero-order valence-corrected chi connectivity index (χ0v) is 12.8. The van der Waals surface area contributed by atoms with E-state index in [1.54, 1.807) is 17.0 Å². The van der Waals surface area contributed by atoms with Crippen LogP contribution >= 0.6 is 11.6 Å². The van der Waals surface area contributed by atoms with Crippen molar-refractivity contribution in [3.05, 3.63) is 22.7 Å². The van der Waals surface area contributed by atoms with E-state index in [1.165, 1.54) is 7.11 Å². The number of methoxy groups -OCH3 is 1. The van der Waals surface area contributed by atoms with Crippen LogP contribution in [-0.4, -0.2) is 55.6 Å². The van der Waals surface area contributed by atoms with E-state index < -0.39 is 0 Å². The van der Waals surface area contributed by atoms with E-state index in [9.17, 15) is 9.90 Å². The Morgan fingerprint density at radius 2 is 2.38 bits per heavy atom. The lowest BCUT2D eigenvalue weighted by molar-refractivity contribution is -0.00485. The molecule has 0 radical (unpaired) electrons. The molecule has 0 saturated carbocycles. The topological polar surface area (TPSA) is 71.0 Å². The standard InChI is InChI=1S/C14H19ClN2O4/c1-9-5-12(13(20-2)6-11(9)15)16-14(19)17-3-4-21-8-10(17)7-18/h5-6,10,18H,3-4,7-8H2,1-2H3,(H,16,19). The minimum absolute atomic E-state index is 0.135. The molecule has 1 aliphatic heterocycles. The van der Waals surface area contributed by atoms with Crippen molar-refractivity contribution in [2.45, 2.75) is 13.0 Å². The lowest BCUT2D eigenvalue weighted by Crippen LogP contribution is -2.52. The van der Waals surface area contributed by atoms with Crippen molar-refractivity contribution in [1.29, 1.82) is 0 Å². The number of amides is 2. The van der Waals surface area contributed by atoms with Gasteiger partial charge in [0.05, 0.1) is 38.7 Å². The molecular weight excluding hydrogens is 296 g/mol. The van der Waals surface area contributed by atoms with E-state index in [-0.39, 0.29) is 18.7 Å². The Morgan fingerprint density at radius 3 is 3.05 bits per heavy atom. The molecule has 1 atom stereocenters. The monoisotopic (exact) mass is 314 g/mol. The van der Waals surface area contributed by atoms with Crippen LogP contribution in [0.2, 0.25) is 5.02 Å². The van der Waals surface area contributed by atoms with Gasteiger partial charge in [0.15, 0.2) is 0 Å². The number of halogens is 1. The highest BCUT2D eigenvalue weighted by Gasteiger charge is 2.27. The first-order valence-corrected chi connectivity index (χ1v) is 7.05. The number of nitrogens with zero attached hydrogens (tertiary/aromatic N) is 1. The highest BCUT2D eigenvalue weighted by Crippen LogP contribution is 2.31. The molecule has 21 heavy (non-hydrogen) atoms. The molecule has 1 saturated heterocycles. The Labute approximate surface area is 128 Å². The highest BCUT2D eigenvalue weighted by molar-refractivity contribution is 6.31. The minimum atomic E-state index is -0.335. The van der Waals surface area contributed by atoms with Crippen LogP contribution in [-0.2, 0) is 4.74 Å². The molecule has 116 valence electrons. The van der Waals surface area contributed by atoms with Crippen LogP contribution < -0.4 is 10.1 Å². The van der Waals surface area contributed by atoms with E-state index in [0.29, 0.717) is 36.2 Å². The van der Waals surface area contributed by atoms with Gasteiger partial charge in [0.25, 0.3) is 0 Å². The molecule has 0 bridgehead atoms. The first-order valence-electron chi connectivity index (χ1n) is 6.67. The summed E-state index contributed by atoms with van der Waals surface area (Å²) in [4.78, 5) is 13.9. The molecule has 0 aromatic heterocycles. The SMILES string of the molecule is COc1cc(Cl)c(C)cc1NC(=O)N1CCOCC1CO. The number of morpholine rings is 1. The summed E-state index contributed by atoms with van der Waals surface area (Å²) in [6, 6.07) is 2.79. The van der Waals surface area contributed by atoms with Gasteiger partial charge < -0.3 is 24.8 Å². The Balaban J connectivity index is 2.17. The van der Waals surface area contributed by atoms with Crippen molar-refractivity contribution in [2.24, 2.45) is 0 Å². The van der Waals surface area contributed by atoms with Crippen molar-refractivity contribution >= 4 is 23.3 Å². The van der Waals surface area contributed by atoms with Gasteiger partial charge in [-0.05, 0) is 18.6 Å². The molecule has 6 nitrogen and oxygen atoms in total. The first-order chi connectivity index (χ1) is 10.1. The average molecular weight is 315 g/mol. The molecule has 2 amide bonds. The number of rotatable bonds is 3. The van der Waals surface area contributed by atoms with Gasteiger partial charge in [-0.2, -0.15) is 0 Å². The van der Waals surface area contributed by atoms with Crippen LogP contribution in [0.15, 0.2) is 12.1 Å². The van der Waals surface area contributed by atoms with Gasteiger partial charge in [0, 0.05) is 17.6 Å². The summed E-state index contributed by atoms with van der Waals surface area (Å²) >= 11 is 6.04. The van der Waals surface area contributed by atoms with E-state index in [4.69, 9.17) is 21.1 Å². The van der Waals surface area contributed by atoms with Crippen LogP contribution in [0.1, 0.15) is 5.56 Å². The number of benzene rings is 1. The second-order valence-corrected chi connectivity index (χ2v) is 5.24. The molecule has 1 unspecified atom stereocenters. The number of ether oxygens (including phenoxy) is 2. The Hall–Kier alpha value is -1.50. The van der Waals surface area contributed by atoms with Gasteiger partial charge in [0.2, 0.25) is 0 Å². The number of hydrogen-bond donors (Lipinski definition) is 2. The van der Waals surface area contributed by atoms with Gasteiger partial charge >= 0.3 is 6.03 Å². The third-order valence-corrected chi connectivity index (χ3v) is 3.83. The summed E-state index contributed by atoms with van der Waals surface area (Å²) < 4.78 is 10.5. The Bertz CT molecular complexity index is 524. The zero-order valence-electron chi connectivity index (χ0n) is 12.1. The minimum Gasteiger partial charge on any atom is -0.495 e. The number of anilines is 1. The highest BCUT2D eigenvalue weighted by atomic mass is 35.5. The number of aliphatic hydroxyl groups excluding tert-OH is 1. The van der Waals surface area contributed by atoms with Gasteiger partial charge in [-0.25, -0.2) is 4.79 Å². The lowest BCUT2D eigenvalue weighted by atomic mass is 10.2. The maximum Gasteiger partial charge on any atom is 0.322 e. The van der Waals surface area contributed by atoms with Crippen molar-refractivity contribution in [3.63, 3.8) is 0 Å². The van der Waals surface area contributed by atoms with E-state index in [0.717, 1.165) is 5.56 Å². The number of urea groups is 1. The summed E-state index contributed by atoms with van der Waals surface area (Å²) in [5.74, 6) is 0.493. The van der Waals surface area contributed by atoms with Crippen LogP contribution in [0.4, 0.5) is 10.5 Å². The molecule has 1 aliphatic rings. The van der Waals surface area contributed by atoms with Crippen LogP contribution in [0, 0.1) is 6.92 Å². The number of carbonyl (C=O) groups is 1. The van der Waals surface area contributed by atoms with E-state index in [1.807, 2.05) is 6.92 Å². The van der Waals surface area contributed by atoms with E-state index >= 15 is 0 Å². The second-order valence-electron chi connectivity index (χ2n) is 4.84. The van der Waals surface area contributed by atoms with Gasteiger partial charge in [-0.15, -0.1) is 0 Å². The predicted molar refractivity (Wildman–Crippen MR) is 80.2 cm³/mol. The molecular formula is C14H19ClN2O4. The molecule has 0 spiro atoms. The van der Waals surface area contributed by atoms with Crippen LogP contribution in [0.3, 0.4) is 0 Å². The third kappa shape index (κ3) is 3.58. The molecule has 1 aromatic carbocycles. The smallest absolute Gasteiger partial charge is 0.322 e. The Kier molecular flexibility index (Phi) is 5.27. The molecule has 1 heterocycles. The first kappa shape index (κ1) is 15.9. The quantitative estimate of drug-likeness (QED) is 0.893. The number of hydrogen-bond acceptors (Lipinski definition) is 4. The van der Waals surface area contributed by atoms with Crippen molar-refractivity contribution in [2.75, 3.05) is 38.8 Å². The number of carbonyl (C=O) groups excluding carboxylic acids is 1. The molecule has 2 rings (SSSR count).